The van der Waals surface area contributed by atoms with E-state index in [0.717, 1.165) is 33.8 Å². The predicted octanol–water partition coefficient (Wildman–Crippen LogP) is 15.9. The van der Waals surface area contributed by atoms with Crippen LogP contribution in [0.5, 0.6) is 0 Å². The van der Waals surface area contributed by atoms with Crippen LogP contribution < -0.4 is 27.0 Å². The molecule has 0 aliphatic heterocycles. The quantitative estimate of drug-likeness (QED) is 0.0187. The smallest absolute Gasteiger partial charge is 0.307 e. The zero-order valence-corrected chi connectivity index (χ0v) is 55.4. The molecule has 6 N–H and O–H groups in total. The van der Waals surface area contributed by atoms with E-state index in [1.54, 1.807) is 105 Å². The van der Waals surface area contributed by atoms with E-state index in [0.29, 0.717) is 62.1 Å². The summed E-state index contributed by atoms with van der Waals surface area (Å²) in [5, 5.41) is 36.2. The number of rotatable bonds is 17. The third-order valence-corrected chi connectivity index (χ3v) is 16.0. The van der Waals surface area contributed by atoms with Gasteiger partial charge in [0.15, 0.2) is 17.5 Å². The maximum Gasteiger partial charge on any atom is 0.307 e. The second-order valence-corrected chi connectivity index (χ2v) is 24.9. The van der Waals surface area contributed by atoms with Crippen molar-refractivity contribution in [3.05, 3.63) is 257 Å². The van der Waals surface area contributed by atoms with Crippen molar-refractivity contribution in [3.63, 3.8) is 0 Å². The van der Waals surface area contributed by atoms with Gasteiger partial charge in [-0.15, -0.1) is 0 Å². The summed E-state index contributed by atoms with van der Waals surface area (Å²) in [5.74, 6) is 0.271. The minimum atomic E-state index is -0.649. The lowest BCUT2D eigenvalue weighted by molar-refractivity contribution is -0.385. The van der Waals surface area contributed by atoms with Gasteiger partial charge in [-0.1, -0.05) is 65.1 Å². The number of nitrogens with one attached hydrogen (secondary N) is 4. The average Bonchev–Trinajstić information content (AvgIpc) is 1.98. The molecule has 0 bridgehead atoms. The van der Waals surface area contributed by atoms with Gasteiger partial charge >= 0.3 is 5.97 Å². The molecule has 0 aliphatic rings. The first-order valence-corrected chi connectivity index (χ1v) is 31.3. The van der Waals surface area contributed by atoms with Gasteiger partial charge in [-0.25, -0.2) is 14.0 Å². The molecule has 0 saturated heterocycles. The number of benzene rings is 7. The molecule has 478 valence electrons. The Kier molecular flexibility index (Phi) is 22.8. The molecule has 4 amide bonds. The second-order valence-electron chi connectivity index (χ2n) is 22.5. The number of aromatic nitrogens is 6. The van der Waals surface area contributed by atoms with E-state index in [9.17, 15) is 34.1 Å². The fourth-order valence-corrected chi connectivity index (χ4v) is 10.3. The zero-order valence-electron chi connectivity index (χ0n) is 52.3. The number of nitrogen functional groups attached to an aromatic ring is 1. The van der Waals surface area contributed by atoms with Crippen molar-refractivity contribution in [3.8, 4) is 17.1 Å². The van der Waals surface area contributed by atoms with Crippen LogP contribution in [0.3, 0.4) is 0 Å². The number of carbonyl (C=O) groups is 5. The Morgan fingerprint density at radius 3 is 1.44 bits per heavy atom. The first kappa shape index (κ1) is 68.8. The number of esters is 1. The topological polar surface area (TPSA) is 265 Å². The molecule has 24 heteroatoms. The monoisotopic (exact) mass is 1330 g/mol. The maximum absolute atomic E-state index is 13.3. The van der Waals surface area contributed by atoms with E-state index in [1.807, 2.05) is 116 Å². The molecule has 0 aliphatic carbocycles. The van der Waals surface area contributed by atoms with Gasteiger partial charge in [-0.2, -0.15) is 27.1 Å². The van der Waals surface area contributed by atoms with Gasteiger partial charge in [0.05, 0.1) is 45.2 Å². The van der Waals surface area contributed by atoms with Crippen molar-refractivity contribution in [1.29, 1.82) is 0 Å². The highest BCUT2D eigenvalue weighted by molar-refractivity contribution is 7.98. The Bertz CT molecular complexity index is 4440. The van der Waals surface area contributed by atoms with Crippen LogP contribution in [0.25, 0.3) is 17.1 Å². The molecule has 20 nitrogen and oxygen atoms in total. The lowest BCUT2D eigenvalue weighted by atomic mass is 10.1. The molecular weight excluding hydrogens is 1260 g/mol. The van der Waals surface area contributed by atoms with Crippen molar-refractivity contribution in [2.45, 2.75) is 80.1 Å². The molecule has 93 heavy (non-hydrogen) atoms. The number of nitrogens with two attached hydrogens (primary N) is 1. The molecule has 3 heterocycles. The Morgan fingerprint density at radius 1 is 0.527 bits per heavy atom. The number of nitro groups is 1. The van der Waals surface area contributed by atoms with Crippen molar-refractivity contribution in [2.24, 2.45) is 0 Å². The molecule has 0 unspecified atom stereocenters. The fraction of sp³-hybridized carbons (Fsp3) is 0.188. The number of nitrogens with zero attached hydrogens (tertiary/aromatic N) is 7. The van der Waals surface area contributed by atoms with E-state index in [2.05, 4.69) is 43.5 Å². The number of nitro benzene ring substituents is 1. The summed E-state index contributed by atoms with van der Waals surface area (Å²) in [6.45, 7) is 17.7. The van der Waals surface area contributed by atoms with Crippen LogP contribution in [-0.2, 0) is 15.3 Å². The third kappa shape index (κ3) is 19.2. The van der Waals surface area contributed by atoms with Gasteiger partial charge in [0.25, 0.3) is 29.3 Å². The van der Waals surface area contributed by atoms with E-state index in [1.165, 1.54) is 52.6 Å². The number of halogens is 3. The van der Waals surface area contributed by atoms with E-state index >= 15 is 0 Å². The molecule has 10 aromatic rings. The summed E-state index contributed by atoms with van der Waals surface area (Å²) in [4.78, 5) is 73.6. The molecule has 10 rings (SSSR count). The van der Waals surface area contributed by atoms with Gasteiger partial charge in [0.1, 0.15) is 11.2 Å². The normalized spacial score (nSPS) is 10.9. The first-order valence-electron chi connectivity index (χ1n) is 29.0. The molecule has 3 aromatic heterocycles. The minimum absolute atomic E-state index is 0.122. The Balaban J connectivity index is 0.000000191. The van der Waals surface area contributed by atoms with E-state index in [4.69, 9.17) is 45.3 Å². The summed E-state index contributed by atoms with van der Waals surface area (Å²) in [5.41, 5.74) is 17.1. The van der Waals surface area contributed by atoms with Crippen LogP contribution in [0.4, 0.5) is 34.5 Å². The number of thioether (sulfide) groups is 1. The third-order valence-electron chi connectivity index (χ3n) is 14.2. The first-order chi connectivity index (χ1) is 44.2. The Labute approximate surface area is 556 Å². The fourth-order valence-electron chi connectivity index (χ4n) is 8.88. The predicted molar refractivity (Wildman–Crippen MR) is 369 cm³/mol. The van der Waals surface area contributed by atoms with Crippen molar-refractivity contribution in [1.82, 2.24) is 29.3 Å². The number of amides is 4. The Morgan fingerprint density at radius 2 is 0.968 bits per heavy atom. The molecule has 0 spiro atoms. The van der Waals surface area contributed by atoms with Crippen molar-refractivity contribution in [2.75, 3.05) is 32.8 Å². The second kappa shape index (κ2) is 30.8. The van der Waals surface area contributed by atoms with Gasteiger partial charge in [-0.3, -0.25) is 34.1 Å². The van der Waals surface area contributed by atoms with Crippen LogP contribution in [0.1, 0.15) is 108 Å². The molecule has 0 atom stereocenters. The molecular formula is C69H67Cl3N12O8S. The minimum Gasteiger partial charge on any atom is -0.460 e. The number of hydrogen-bond donors (Lipinski definition) is 5. The number of hydrogen-bond acceptors (Lipinski definition) is 13. The maximum atomic E-state index is 13.3. The summed E-state index contributed by atoms with van der Waals surface area (Å²) in [7, 11) is 0. The van der Waals surface area contributed by atoms with Gasteiger partial charge in [0, 0.05) is 80.7 Å². The van der Waals surface area contributed by atoms with E-state index in [-0.39, 0.29) is 45.4 Å². The molecule has 0 fully saturated rings. The highest BCUT2D eigenvalue weighted by Crippen LogP contribution is 2.28. The lowest BCUT2D eigenvalue weighted by Crippen LogP contribution is -2.24. The summed E-state index contributed by atoms with van der Waals surface area (Å²) in [6, 6.07) is 43.6. The Hall–Kier alpha value is -10.1. The summed E-state index contributed by atoms with van der Waals surface area (Å²) < 4.78 is 10.4. The largest absolute Gasteiger partial charge is 0.460 e. The number of carbonyl (C=O) groups excluding carboxylic acids is 5. The van der Waals surface area contributed by atoms with Crippen LogP contribution in [-0.4, -0.2) is 75.2 Å². The molecule has 0 saturated carbocycles. The average molecular weight is 1330 g/mol. The summed E-state index contributed by atoms with van der Waals surface area (Å²) >= 11 is 19.6. The number of anilines is 5. The van der Waals surface area contributed by atoms with Crippen LogP contribution in [0.15, 0.2) is 170 Å². The number of aryl methyl sites for hydroxylation is 6. The van der Waals surface area contributed by atoms with Crippen LogP contribution in [0.2, 0.25) is 15.1 Å². The SMILES string of the molecule is Cc1ccc(-n2ccc(NC(=O)c3cc(Cl)ccc3N)n2)cc1C.Cc1ccc(-n2ccc(NC(=O)c3cc(Cl)ccc3NC(=O)c3cccc(CSCCC(=O)OC(C)(C)C)c3)n2)cc1C.Cc1ccc(-n2ccc(NC(=O)c3cc(Cl)ccc3[N+](=O)[O-])n2)cc1C. The summed E-state index contributed by atoms with van der Waals surface area (Å²) in [6.07, 6.45) is 5.58. The standard InChI is InChI=1S/C33H35ClN4O4S.C18H15ClN4O3.C18H17ClN4O/c1-21-9-11-26(17-22(21)2)38-15-13-29(37-38)36-32(41)27-19-25(34)10-12-28(27)35-31(40)24-8-6-7-23(18-24)20-43-16-14-30(39)42-33(3,4)5;1-11-3-5-14(9-12(11)2)22-8-7-17(21-22)20-18(24)15-10-13(19)4-6-16(15)23(25)26;1-11-3-5-14(9-12(11)2)23-8-7-17(22-23)21-18(24)15-10-13(19)4-6-16(15)20/h6-13,15,17-19H,14,16,20H2,1-5H3,(H,35,40)(H,36,37,41);3-10H,1-2H3,(H,20,21,24);3-10H,20H2,1-2H3,(H,21,22,24). The van der Waals surface area contributed by atoms with Crippen LogP contribution in [0, 0.1) is 51.7 Å². The zero-order chi connectivity index (χ0) is 67.3. The highest BCUT2D eigenvalue weighted by atomic mass is 35.5. The van der Waals surface area contributed by atoms with Gasteiger partial charge < -0.3 is 31.7 Å². The van der Waals surface area contributed by atoms with Crippen molar-refractivity contribution >= 4 is 111 Å². The molecule has 0 radical (unpaired) electrons. The molecule has 7 aromatic carbocycles. The van der Waals surface area contributed by atoms with Crippen molar-refractivity contribution < 1.29 is 33.6 Å². The lowest BCUT2D eigenvalue weighted by Gasteiger charge is -2.19. The van der Waals surface area contributed by atoms with Gasteiger partial charge in [0.2, 0.25) is 0 Å². The van der Waals surface area contributed by atoms with Crippen LogP contribution >= 0.6 is 46.6 Å². The number of ether oxygens (including phenoxy) is 1. The van der Waals surface area contributed by atoms with E-state index < -0.39 is 22.3 Å². The van der Waals surface area contributed by atoms with Gasteiger partial charge in [-0.05, 0) is 198 Å². The highest BCUT2D eigenvalue weighted by Gasteiger charge is 2.23.